The largest absolute Gasteiger partial charge is 0.472 e. The van der Waals surface area contributed by atoms with E-state index in [2.05, 4.69) is 23.5 Å². The SMILES string of the molecule is O=C(c1ccoc1)N1CCc2cc(NC3CCCSC3)ccc21. The third kappa shape index (κ3) is 2.98. The molecule has 2 aromatic rings. The van der Waals surface area contributed by atoms with Crippen molar-refractivity contribution in [2.45, 2.75) is 25.3 Å². The van der Waals surface area contributed by atoms with Crippen molar-refractivity contribution < 1.29 is 9.21 Å². The molecular weight excluding hydrogens is 308 g/mol. The minimum absolute atomic E-state index is 0.0156. The first-order chi connectivity index (χ1) is 11.3. The summed E-state index contributed by atoms with van der Waals surface area (Å²) in [5, 5.41) is 3.64. The Morgan fingerprint density at radius 3 is 3.09 bits per heavy atom. The maximum Gasteiger partial charge on any atom is 0.261 e. The molecule has 1 unspecified atom stereocenters. The van der Waals surface area contributed by atoms with Crippen molar-refractivity contribution in [3.8, 4) is 0 Å². The fourth-order valence-corrected chi connectivity index (χ4v) is 4.41. The zero-order valence-electron chi connectivity index (χ0n) is 13.0. The van der Waals surface area contributed by atoms with Crippen molar-refractivity contribution in [3.05, 3.63) is 47.9 Å². The molecule has 120 valence electrons. The molecule has 1 fully saturated rings. The second-order valence-electron chi connectivity index (χ2n) is 6.12. The number of carbonyl (C=O) groups excluding carboxylic acids is 1. The number of rotatable bonds is 3. The Morgan fingerprint density at radius 1 is 1.35 bits per heavy atom. The Morgan fingerprint density at radius 2 is 2.30 bits per heavy atom. The molecule has 0 spiro atoms. The highest BCUT2D eigenvalue weighted by molar-refractivity contribution is 7.99. The van der Waals surface area contributed by atoms with E-state index in [1.807, 2.05) is 16.7 Å². The van der Waals surface area contributed by atoms with Crippen LogP contribution in [-0.4, -0.2) is 30.0 Å². The molecule has 1 N–H and O–H groups in total. The smallest absolute Gasteiger partial charge is 0.261 e. The topological polar surface area (TPSA) is 45.5 Å². The number of carbonyl (C=O) groups is 1. The standard InChI is InChI=1S/C18H20N2O2S/c21-18(14-6-8-22-11-14)20-7-5-13-10-15(3-4-17(13)20)19-16-2-1-9-23-12-16/h3-4,6,8,10-11,16,19H,1-2,5,7,9,12H2. The minimum atomic E-state index is 0.0156. The molecule has 23 heavy (non-hydrogen) atoms. The fraction of sp³-hybridized carbons (Fsp3) is 0.389. The van der Waals surface area contributed by atoms with Gasteiger partial charge in [0.2, 0.25) is 0 Å². The summed E-state index contributed by atoms with van der Waals surface area (Å²) < 4.78 is 5.03. The molecule has 0 bridgehead atoms. The van der Waals surface area contributed by atoms with Gasteiger partial charge in [-0.2, -0.15) is 11.8 Å². The molecule has 0 saturated carbocycles. The molecule has 4 nitrogen and oxygen atoms in total. The van der Waals surface area contributed by atoms with Crippen LogP contribution in [0.25, 0.3) is 0 Å². The number of amides is 1. The van der Waals surface area contributed by atoms with E-state index < -0.39 is 0 Å². The summed E-state index contributed by atoms with van der Waals surface area (Å²) in [5.74, 6) is 2.48. The Balaban J connectivity index is 1.51. The van der Waals surface area contributed by atoms with Gasteiger partial charge >= 0.3 is 0 Å². The molecule has 1 saturated heterocycles. The van der Waals surface area contributed by atoms with Gasteiger partial charge in [-0.25, -0.2) is 0 Å². The minimum Gasteiger partial charge on any atom is -0.472 e. The summed E-state index contributed by atoms with van der Waals surface area (Å²) in [4.78, 5) is 14.4. The van der Waals surface area contributed by atoms with Crippen LogP contribution in [-0.2, 0) is 6.42 Å². The van der Waals surface area contributed by atoms with Gasteiger partial charge in [-0.3, -0.25) is 4.79 Å². The lowest BCUT2D eigenvalue weighted by atomic mass is 10.1. The van der Waals surface area contributed by atoms with Gasteiger partial charge in [0.05, 0.1) is 11.8 Å². The Hall–Kier alpha value is -1.88. The number of nitrogens with zero attached hydrogens (tertiary/aromatic N) is 1. The highest BCUT2D eigenvalue weighted by Crippen LogP contribution is 2.32. The van der Waals surface area contributed by atoms with Crippen molar-refractivity contribution in [1.29, 1.82) is 0 Å². The van der Waals surface area contributed by atoms with E-state index in [0.717, 1.165) is 18.7 Å². The molecule has 5 heteroatoms. The molecular formula is C18H20N2O2S. The maximum atomic E-state index is 12.5. The highest BCUT2D eigenvalue weighted by Gasteiger charge is 2.26. The Kier molecular flexibility index (Phi) is 4.04. The van der Waals surface area contributed by atoms with Crippen LogP contribution >= 0.6 is 11.8 Å². The summed E-state index contributed by atoms with van der Waals surface area (Å²) in [7, 11) is 0. The van der Waals surface area contributed by atoms with Crippen molar-refractivity contribution in [3.63, 3.8) is 0 Å². The van der Waals surface area contributed by atoms with Crippen LogP contribution in [0.1, 0.15) is 28.8 Å². The normalized spacial score (nSPS) is 20.3. The molecule has 3 heterocycles. The van der Waals surface area contributed by atoms with Crippen LogP contribution < -0.4 is 10.2 Å². The van der Waals surface area contributed by atoms with Gasteiger partial charge in [-0.05, 0) is 54.8 Å². The van der Waals surface area contributed by atoms with Crippen LogP contribution in [0.15, 0.2) is 41.2 Å². The van der Waals surface area contributed by atoms with Gasteiger partial charge in [0.1, 0.15) is 6.26 Å². The number of furan rings is 1. The summed E-state index contributed by atoms with van der Waals surface area (Å²) >= 11 is 2.03. The molecule has 1 aromatic carbocycles. The van der Waals surface area contributed by atoms with Gasteiger partial charge in [0, 0.05) is 29.7 Å². The zero-order chi connectivity index (χ0) is 15.6. The predicted molar refractivity (Wildman–Crippen MR) is 94.5 cm³/mol. The molecule has 1 atom stereocenters. The second kappa shape index (κ2) is 6.32. The van der Waals surface area contributed by atoms with Crippen LogP contribution in [0, 0.1) is 0 Å². The van der Waals surface area contributed by atoms with Crippen molar-refractivity contribution in [2.24, 2.45) is 0 Å². The first-order valence-electron chi connectivity index (χ1n) is 8.12. The summed E-state index contributed by atoms with van der Waals surface area (Å²) in [6.45, 7) is 0.738. The Labute approximate surface area is 140 Å². The van der Waals surface area contributed by atoms with Crippen molar-refractivity contribution >= 4 is 29.0 Å². The van der Waals surface area contributed by atoms with Gasteiger partial charge < -0.3 is 14.6 Å². The van der Waals surface area contributed by atoms with E-state index in [4.69, 9.17) is 4.42 Å². The number of nitrogens with one attached hydrogen (secondary N) is 1. The van der Waals surface area contributed by atoms with E-state index in [9.17, 15) is 4.79 Å². The van der Waals surface area contributed by atoms with E-state index in [1.54, 1.807) is 12.3 Å². The fourth-order valence-electron chi connectivity index (χ4n) is 3.33. The van der Waals surface area contributed by atoms with E-state index in [-0.39, 0.29) is 5.91 Å². The number of hydrogen-bond acceptors (Lipinski definition) is 4. The monoisotopic (exact) mass is 328 g/mol. The molecule has 1 amide bonds. The second-order valence-corrected chi connectivity index (χ2v) is 7.27. The predicted octanol–water partition coefficient (Wildman–Crippen LogP) is 3.79. The highest BCUT2D eigenvalue weighted by atomic mass is 32.2. The van der Waals surface area contributed by atoms with E-state index >= 15 is 0 Å². The molecule has 4 rings (SSSR count). The van der Waals surface area contributed by atoms with Gasteiger partial charge in [-0.1, -0.05) is 0 Å². The lowest BCUT2D eigenvalue weighted by Crippen LogP contribution is -2.28. The molecule has 0 aliphatic carbocycles. The van der Waals surface area contributed by atoms with Crippen LogP contribution in [0.3, 0.4) is 0 Å². The molecule has 0 radical (unpaired) electrons. The van der Waals surface area contributed by atoms with Gasteiger partial charge in [0.25, 0.3) is 5.91 Å². The van der Waals surface area contributed by atoms with Crippen LogP contribution in [0.4, 0.5) is 11.4 Å². The van der Waals surface area contributed by atoms with E-state index in [1.165, 1.54) is 41.9 Å². The quantitative estimate of drug-likeness (QED) is 0.931. The van der Waals surface area contributed by atoms with Crippen molar-refractivity contribution in [2.75, 3.05) is 28.3 Å². The number of fused-ring (bicyclic) bond motifs is 1. The average molecular weight is 328 g/mol. The maximum absolute atomic E-state index is 12.5. The lowest BCUT2D eigenvalue weighted by Gasteiger charge is -2.24. The van der Waals surface area contributed by atoms with Crippen LogP contribution in [0.2, 0.25) is 0 Å². The molecule has 2 aliphatic heterocycles. The lowest BCUT2D eigenvalue weighted by molar-refractivity contribution is 0.0989. The summed E-state index contributed by atoms with van der Waals surface area (Å²) in [6.07, 6.45) is 6.50. The zero-order valence-corrected chi connectivity index (χ0v) is 13.8. The summed E-state index contributed by atoms with van der Waals surface area (Å²) in [6, 6.07) is 8.66. The summed E-state index contributed by atoms with van der Waals surface area (Å²) in [5.41, 5.74) is 4.06. The number of benzene rings is 1. The third-order valence-corrected chi connectivity index (χ3v) is 5.73. The number of hydrogen-bond donors (Lipinski definition) is 1. The Bertz CT molecular complexity index is 693. The van der Waals surface area contributed by atoms with Crippen LogP contribution in [0.5, 0.6) is 0 Å². The first kappa shape index (κ1) is 14.7. The van der Waals surface area contributed by atoms with Crippen molar-refractivity contribution in [1.82, 2.24) is 0 Å². The molecule has 1 aromatic heterocycles. The van der Waals surface area contributed by atoms with E-state index in [0.29, 0.717) is 11.6 Å². The third-order valence-electron chi connectivity index (χ3n) is 4.52. The molecule has 2 aliphatic rings. The average Bonchev–Trinajstić information content (AvgIpc) is 3.25. The number of thioether (sulfide) groups is 1. The first-order valence-corrected chi connectivity index (χ1v) is 9.28. The number of anilines is 2. The van der Waals surface area contributed by atoms with Gasteiger partial charge in [-0.15, -0.1) is 0 Å². The van der Waals surface area contributed by atoms with Gasteiger partial charge in [0.15, 0.2) is 0 Å².